The SMILES string of the molecule is CC(CO)(NC(=O)c1cnc(-c2cccs2)s1)C1CC1. The van der Waals surface area contributed by atoms with Gasteiger partial charge in [0.05, 0.1) is 23.2 Å². The fourth-order valence-electron chi connectivity index (χ4n) is 2.21. The highest BCUT2D eigenvalue weighted by Gasteiger charge is 2.42. The van der Waals surface area contributed by atoms with Crippen LogP contribution in [0.2, 0.25) is 0 Å². The quantitative estimate of drug-likeness (QED) is 0.893. The molecule has 0 bridgehead atoms. The van der Waals surface area contributed by atoms with Crippen LogP contribution in [-0.2, 0) is 0 Å². The zero-order valence-electron chi connectivity index (χ0n) is 11.1. The van der Waals surface area contributed by atoms with Crippen LogP contribution in [0.15, 0.2) is 23.7 Å². The molecule has 1 aliphatic carbocycles. The summed E-state index contributed by atoms with van der Waals surface area (Å²) in [6.07, 6.45) is 3.75. The summed E-state index contributed by atoms with van der Waals surface area (Å²) in [4.78, 5) is 18.2. The lowest BCUT2D eigenvalue weighted by Crippen LogP contribution is -2.50. The molecule has 0 aliphatic heterocycles. The van der Waals surface area contributed by atoms with E-state index in [4.69, 9.17) is 0 Å². The van der Waals surface area contributed by atoms with Crippen LogP contribution in [0.5, 0.6) is 0 Å². The third-order valence-electron chi connectivity index (χ3n) is 3.67. The zero-order valence-corrected chi connectivity index (χ0v) is 12.8. The first kappa shape index (κ1) is 13.7. The minimum absolute atomic E-state index is 0.0278. The van der Waals surface area contributed by atoms with E-state index in [9.17, 15) is 9.90 Å². The van der Waals surface area contributed by atoms with Crippen LogP contribution in [0, 0.1) is 5.92 Å². The highest BCUT2D eigenvalue weighted by molar-refractivity contribution is 7.21. The number of hydrogen-bond acceptors (Lipinski definition) is 5. The van der Waals surface area contributed by atoms with Crippen molar-refractivity contribution < 1.29 is 9.90 Å². The summed E-state index contributed by atoms with van der Waals surface area (Å²) in [6.45, 7) is 1.88. The Morgan fingerprint density at radius 1 is 1.60 bits per heavy atom. The fraction of sp³-hybridized carbons (Fsp3) is 0.429. The average Bonchev–Trinajstić information content (AvgIpc) is 2.97. The maximum absolute atomic E-state index is 12.3. The first-order valence-corrected chi connectivity index (χ1v) is 8.25. The van der Waals surface area contributed by atoms with Gasteiger partial charge in [0.2, 0.25) is 0 Å². The molecule has 3 rings (SSSR count). The van der Waals surface area contributed by atoms with E-state index >= 15 is 0 Å². The molecule has 6 heteroatoms. The Balaban J connectivity index is 1.74. The van der Waals surface area contributed by atoms with E-state index < -0.39 is 5.54 Å². The van der Waals surface area contributed by atoms with Gasteiger partial charge in [-0.1, -0.05) is 6.07 Å². The van der Waals surface area contributed by atoms with Gasteiger partial charge in [-0.05, 0) is 37.1 Å². The van der Waals surface area contributed by atoms with E-state index in [0.29, 0.717) is 10.8 Å². The van der Waals surface area contributed by atoms with Gasteiger partial charge in [0.15, 0.2) is 0 Å². The topological polar surface area (TPSA) is 62.2 Å². The molecule has 2 N–H and O–H groups in total. The maximum atomic E-state index is 12.3. The van der Waals surface area contributed by atoms with Gasteiger partial charge >= 0.3 is 0 Å². The zero-order chi connectivity index (χ0) is 14.2. The number of aromatic nitrogens is 1. The highest BCUT2D eigenvalue weighted by Crippen LogP contribution is 2.39. The number of aliphatic hydroxyl groups is 1. The minimum Gasteiger partial charge on any atom is -0.394 e. The van der Waals surface area contributed by atoms with Gasteiger partial charge in [-0.25, -0.2) is 4.98 Å². The molecule has 0 radical (unpaired) electrons. The lowest BCUT2D eigenvalue weighted by Gasteiger charge is -2.28. The predicted octanol–water partition coefficient (Wildman–Crippen LogP) is 2.76. The third-order valence-corrected chi connectivity index (χ3v) is 5.70. The van der Waals surface area contributed by atoms with Crippen LogP contribution < -0.4 is 5.32 Å². The molecule has 2 aromatic heterocycles. The Morgan fingerprint density at radius 3 is 3.00 bits per heavy atom. The summed E-state index contributed by atoms with van der Waals surface area (Å²) < 4.78 is 0. The van der Waals surface area contributed by atoms with E-state index in [0.717, 1.165) is 22.7 Å². The normalized spacial score (nSPS) is 17.7. The molecule has 1 fully saturated rings. The molecule has 106 valence electrons. The molecule has 2 aromatic rings. The number of carbonyl (C=O) groups excluding carboxylic acids is 1. The van der Waals surface area contributed by atoms with Crippen LogP contribution in [0.25, 0.3) is 9.88 Å². The smallest absolute Gasteiger partial charge is 0.263 e. The highest BCUT2D eigenvalue weighted by atomic mass is 32.1. The Labute approximate surface area is 125 Å². The van der Waals surface area contributed by atoms with Gasteiger partial charge < -0.3 is 10.4 Å². The molecule has 1 saturated carbocycles. The van der Waals surface area contributed by atoms with E-state index in [1.165, 1.54) is 11.3 Å². The summed E-state index contributed by atoms with van der Waals surface area (Å²) >= 11 is 3.00. The number of nitrogens with zero attached hydrogens (tertiary/aromatic N) is 1. The van der Waals surface area contributed by atoms with Crippen molar-refractivity contribution in [1.82, 2.24) is 10.3 Å². The summed E-state index contributed by atoms with van der Waals surface area (Å²) in [5, 5.41) is 15.3. The van der Waals surface area contributed by atoms with Crippen molar-refractivity contribution in [2.24, 2.45) is 5.92 Å². The number of thiophene rings is 1. The molecular formula is C14H16N2O2S2. The molecule has 4 nitrogen and oxygen atoms in total. The van der Waals surface area contributed by atoms with Gasteiger partial charge in [0.1, 0.15) is 9.88 Å². The molecule has 0 spiro atoms. The van der Waals surface area contributed by atoms with Gasteiger partial charge in [-0.2, -0.15) is 0 Å². The van der Waals surface area contributed by atoms with E-state index in [1.54, 1.807) is 17.5 Å². The van der Waals surface area contributed by atoms with Crippen LogP contribution in [-0.4, -0.2) is 28.1 Å². The second-order valence-corrected chi connectivity index (χ2v) is 7.29. The van der Waals surface area contributed by atoms with E-state index in [-0.39, 0.29) is 12.5 Å². The molecule has 1 unspecified atom stereocenters. The van der Waals surface area contributed by atoms with Gasteiger partial charge in [-0.3, -0.25) is 4.79 Å². The largest absolute Gasteiger partial charge is 0.394 e. The van der Waals surface area contributed by atoms with Crippen LogP contribution >= 0.6 is 22.7 Å². The van der Waals surface area contributed by atoms with Gasteiger partial charge in [0, 0.05) is 0 Å². The Kier molecular flexibility index (Phi) is 3.62. The molecule has 1 aliphatic rings. The van der Waals surface area contributed by atoms with Crippen molar-refractivity contribution in [3.8, 4) is 9.88 Å². The molecule has 1 amide bonds. The van der Waals surface area contributed by atoms with E-state index in [1.807, 2.05) is 24.4 Å². The second kappa shape index (κ2) is 5.27. The fourth-order valence-corrected chi connectivity index (χ4v) is 3.82. The average molecular weight is 308 g/mol. The van der Waals surface area contributed by atoms with Crippen LogP contribution in [0.4, 0.5) is 0 Å². The number of nitrogens with one attached hydrogen (secondary N) is 1. The summed E-state index contributed by atoms with van der Waals surface area (Å²) in [7, 11) is 0. The molecule has 0 saturated heterocycles. The number of aliphatic hydroxyl groups excluding tert-OH is 1. The molecule has 2 heterocycles. The number of thiazole rings is 1. The monoisotopic (exact) mass is 308 g/mol. The molecular weight excluding hydrogens is 292 g/mol. The van der Waals surface area contributed by atoms with Crippen molar-refractivity contribution in [2.45, 2.75) is 25.3 Å². The van der Waals surface area contributed by atoms with Gasteiger partial charge in [0.25, 0.3) is 5.91 Å². The van der Waals surface area contributed by atoms with Crippen molar-refractivity contribution in [3.63, 3.8) is 0 Å². The molecule has 0 aromatic carbocycles. The Morgan fingerprint density at radius 2 is 2.40 bits per heavy atom. The number of rotatable bonds is 5. The standard InChI is InChI=1S/C14H16N2O2S2/c1-14(8-17,9-4-5-9)16-12(18)11-7-15-13(20-11)10-3-2-6-19-10/h2-3,6-7,9,17H,4-5,8H2,1H3,(H,16,18). The predicted molar refractivity (Wildman–Crippen MR) is 81.1 cm³/mol. The lowest BCUT2D eigenvalue weighted by molar-refractivity contribution is 0.0828. The second-order valence-electron chi connectivity index (χ2n) is 5.31. The Bertz CT molecular complexity index is 604. The Hall–Kier alpha value is -1.24. The summed E-state index contributed by atoms with van der Waals surface area (Å²) in [6, 6.07) is 3.96. The lowest BCUT2D eigenvalue weighted by atomic mass is 9.97. The number of amides is 1. The van der Waals surface area contributed by atoms with Crippen molar-refractivity contribution >= 4 is 28.6 Å². The van der Waals surface area contributed by atoms with Crippen molar-refractivity contribution in [2.75, 3.05) is 6.61 Å². The summed E-state index contributed by atoms with van der Waals surface area (Å²) in [5.74, 6) is 0.245. The first-order chi connectivity index (χ1) is 9.62. The van der Waals surface area contributed by atoms with Gasteiger partial charge in [-0.15, -0.1) is 22.7 Å². The van der Waals surface area contributed by atoms with Crippen LogP contribution in [0.1, 0.15) is 29.4 Å². The van der Waals surface area contributed by atoms with Crippen LogP contribution in [0.3, 0.4) is 0 Å². The number of carbonyl (C=O) groups is 1. The van der Waals surface area contributed by atoms with Crippen molar-refractivity contribution in [1.29, 1.82) is 0 Å². The first-order valence-electron chi connectivity index (χ1n) is 6.55. The molecule has 20 heavy (non-hydrogen) atoms. The number of hydrogen-bond donors (Lipinski definition) is 2. The molecule has 1 atom stereocenters. The maximum Gasteiger partial charge on any atom is 0.263 e. The minimum atomic E-state index is -0.510. The summed E-state index contributed by atoms with van der Waals surface area (Å²) in [5.41, 5.74) is -0.510. The van der Waals surface area contributed by atoms with E-state index in [2.05, 4.69) is 10.3 Å². The van der Waals surface area contributed by atoms with Crippen molar-refractivity contribution in [3.05, 3.63) is 28.6 Å². The third kappa shape index (κ3) is 2.63.